The molecule has 0 saturated heterocycles. The average molecular weight is 488 g/mol. The maximum Gasteiger partial charge on any atom is 0.253 e. The number of carbonyl (C=O) groups excluding carboxylic acids is 1. The minimum absolute atomic E-state index is 0.0274. The number of aromatic nitrogens is 2. The summed E-state index contributed by atoms with van der Waals surface area (Å²) in [4.78, 5) is 28.6. The second-order valence-corrected chi connectivity index (χ2v) is 8.15. The molecule has 0 aliphatic carbocycles. The minimum atomic E-state index is -0.406. The molecule has 4 aromatic rings. The molecule has 0 saturated carbocycles. The van der Waals surface area contributed by atoms with E-state index in [0.29, 0.717) is 34.3 Å². The van der Waals surface area contributed by atoms with Crippen LogP contribution in [-0.2, 0) is 6.54 Å². The van der Waals surface area contributed by atoms with Crippen LogP contribution in [0.15, 0.2) is 90.1 Å². The van der Waals surface area contributed by atoms with Crippen molar-refractivity contribution in [1.82, 2.24) is 14.9 Å². The molecule has 4 rings (SSSR count). The number of benzene rings is 2. The third kappa shape index (κ3) is 6.13. The monoisotopic (exact) mass is 487 g/mol. The van der Waals surface area contributed by atoms with Gasteiger partial charge >= 0.3 is 0 Å². The minimum Gasteiger partial charge on any atom is -0.456 e. The van der Waals surface area contributed by atoms with E-state index in [1.165, 1.54) is 18.5 Å². The summed E-state index contributed by atoms with van der Waals surface area (Å²) in [7, 11) is 0. The van der Waals surface area contributed by atoms with Crippen molar-refractivity contribution in [1.29, 1.82) is 5.41 Å². The summed E-state index contributed by atoms with van der Waals surface area (Å²) >= 11 is 5.98. The highest BCUT2D eigenvalue weighted by molar-refractivity contribution is 6.31. The lowest BCUT2D eigenvalue weighted by atomic mass is 10.1. The number of nitrogen functional groups attached to an aromatic ring is 1. The Labute approximate surface area is 206 Å². The molecule has 0 spiro atoms. The highest BCUT2D eigenvalue weighted by atomic mass is 35.5. The molecule has 0 atom stereocenters. The first-order valence-corrected chi connectivity index (χ1v) is 11.0. The number of carbonyl (C=O) groups is 1. The summed E-state index contributed by atoms with van der Waals surface area (Å²) in [5.41, 5.74) is 8.07. The Hall–Kier alpha value is -4.43. The van der Waals surface area contributed by atoms with Gasteiger partial charge in [0.05, 0.1) is 30.6 Å². The van der Waals surface area contributed by atoms with Crippen LogP contribution >= 0.6 is 11.6 Å². The predicted molar refractivity (Wildman–Crippen MR) is 136 cm³/mol. The molecule has 2 aromatic heterocycles. The van der Waals surface area contributed by atoms with Crippen molar-refractivity contribution in [3.05, 3.63) is 117 Å². The first kappa shape index (κ1) is 23.7. The smallest absolute Gasteiger partial charge is 0.253 e. The van der Waals surface area contributed by atoms with Gasteiger partial charge in [0.1, 0.15) is 11.5 Å². The van der Waals surface area contributed by atoms with Crippen LogP contribution in [0.1, 0.15) is 21.5 Å². The van der Waals surface area contributed by atoms with Crippen molar-refractivity contribution in [3.8, 4) is 11.5 Å². The maximum absolute atomic E-state index is 12.6. The molecule has 35 heavy (non-hydrogen) atoms. The van der Waals surface area contributed by atoms with Gasteiger partial charge in [-0.3, -0.25) is 14.6 Å². The SMILES string of the molecule is N=C(CNC(=O)c1cncc(Oc2ccc(Cn3ccccc3=O)cc2)c1)c1cc(Cl)ccc1N. The van der Waals surface area contributed by atoms with Crippen LogP contribution < -0.4 is 21.3 Å². The first-order valence-electron chi connectivity index (χ1n) is 10.7. The quantitative estimate of drug-likeness (QED) is 0.255. The zero-order chi connectivity index (χ0) is 24.8. The average Bonchev–Trinajstić information content (AvgIpc) is 2.86. The molecule has 0 aliphatic heterocycles. The molecule has 176 valence electrons. The molecule has 0 aliphatic rings. The highest BCUT2D eigenvalue weighted by Gasteiger charge is 2.12. The number of rotatable bonds is 8. The van der Waals surface area contributed by atoms with Gasteiger partial charge in [-0.05, 0) is 48.0 Å². The number of nitrogens with one attached hydrogen (secondary N) is 2. The van der Waals surface area contributed by atoms with Gasteiger partial charge in [-0.2, -0.15) is 0 Å². The molecule has 2 aromatic carbocycles. The van der Waals surface area contributed by atoms with Crippen molar-refractivity contribution in [2.24, 2.45) is 0 Å². The van der Waals surface area contributed by atoms with E-state index in [0.717, 1.165) is 5.56 Å². The number of nitrogens with two attached hydrogens (primary N) is 1. The highest BCUT2D eigenvalue weighted by Crippen LogP contribution is 2.22. The lowest BCUT2D eigenvalue weighted by Crippen LogP contribution is -2.30. The second-order valence-electron chi connectivity index (χ2n) is 7.71. The van der Waals surface area contributed by atoms with E-state index in [1.807, 2.05) is 18.2 Å². The van der Waals surface area contributed by atoms with E-state index in [4.69, 9.17) is 27.5 Å². The number of nitrogens with zero attached hydrogens (tertiary/aromatic N) is 2. The lowest BCUT2D eigenvalue weighted by molar-refractivity contribution is 0.0958. The van der Waals surface area contributed by atoms with Gasteiger partial charge in [0.25, 0.3) is 11.5 Å². The van der Waals surface area contributed by atoms with E-state index in [9.17, 15) is 9.59 Å². The number of hydrogen-bond donors (Lipinski definition) is 3. The van der Waals surface area contributed by atoms with Crippen LogP contribution in [0.2, 0.25) is 5.02 Å². The van der Waals surface area contributed by atoms with Crippen LogP contribution in [-0.4, -0.2) is 27.7 Å². The Balaban J connectivity index is 1.37. The van der Waals surface area contributed by atoms with Gasteiger partial charge in [-0.1, -0.05) is 29.8 Å². The van der Waals surface area contributed by atoms with Gasteiger partial charge in [-0.15, -0.1) is 0 Å². The van der Waals surface area contributed by atoms with Gasteiger partial charge < -0.3 is 25.8 Å². The maximum atomic E-state index is 12.6. The molecule has 0 fully saturated rings. The van der Waals surface area contributed by atoms with Gasteiger partial charge in [0.15, 0.2) is 0 Å². The summed E-state index contributed by atoms with van der Waals surface area (Å²) in [6.07, 6.45) is 4.66. The fourth-order valence-electron chi connectivity index (χ4n) is 3.34. The standard InChI is InChI=1S/C26H22ClN5O3/c27-19-6-9-23(28)22(12-19)24(29)15-31-26(34)18-11-21(14-30-13-18)35-20-7-4-17(5-8-20)16-32-10-2-1-3-25(32)33/h1-14,29H,15-16,28H2,(H,31,34). The van der Waals surface area contributed by atoms with Crippen molar-refractivity contribution >= 4 is 28.9 Å². The van der Waals surface area contributed by atoms with Gasteiger partial charge in [0.2, 0.25) is 0 Å². The van der Waals surface area contributed by atoms with Crippen LogP contribution in [0.3, 0.4) is 0 Å². The molecule has 0 unspecified atom stereocenters. The topological polar surface area (TPSA) is 123 Å². The van der Waals surface area contributed by atoms with Gasteiger partial charge in [-0.25, -0.2) is 0 Å². The fraction of sp³-hybridized carbons (Fsp3) is 0.0769. The van der Waals surface area contributed by atoms with Crippen LogP contribution in [0.5, 0.6) is 11.5 Å². The first-order chi connectivity index (χ1) is 16.9. The molecular formula is C26H22ClN5O3. The Kier molecular flexibility index (Phi) is 7.23. The van der Waals surface area contributed by atoms with Crippen LogP contribution in [0.4, 0.5) is 5.69 Å². The number of anilines is 1. The molecule has 4 N–H and O–H groups in total. The van der Waals surface area contributed by atoms with E-state index >= 15 is 0 Å². The molecule has 0 radical (unpaired) electrons. The molecule has 8 nitrogen and oxygen atoms in total. The zero-order valence-electron chi connectivity index (χ0n) is 18.6. The molecular weight excluding hydrogens is 466 g/mol. The Bertz CT molecular complexity index is 1430. The second kappa shape index (κ2) is 10.7. The Morgan fingerprint density at radius 1 is 1.06 bits per heavy atom. The van der Waals surface area contributed by atoms with Crippen molar-refractivity contribution in [3.63, 3.8) is 0 Å². The van der Waals surface area contributed by atoms with E-state index in [-0.39, 0.29) is 23.4 Å². The van der Waals surface area contributed by atoms with E-state index < -0.39 is 5.91 Å². The van der Waals surface area contributed by atoms with Crippen molar-refractivity contribution in [2.45, 2.75) is 6.54 Å². The normalized spacial score (nSPS) is 10.5. The van der Waals surface area contributed by atoms with Crippen molar-refractivity contribution in [2.75, 3.05) is 12.3 Å². The van der Waals surface area contributed by atoms with Crippen molar-refractivity contribution < 1.29 is 9.53 Å². The molecule has 2 heterocycles. The summed E-state index contributed by atoms with van der Waals surface area (Å²) in [5, 5.41) is 11.3. The molecule has 0 bridgehead atoms. The number of amides is 1. The van der Waals surface area contributed by atoms with Gasteiger partial charge in [0, 0.05) is 34.7 Å². The Morgan fingerprint density at radius 2 is 1.86 bits per heavy atom. The third-order valence-corrected chi connectivity index (χ3v) is 5.39. The third-order valence-electron chi connectivity index (χ3n) is 5.15. The Morgan fingerprint density at radius 3 is 2.63 bits per heavy atom. The summed E-state index contributed by atoms with van der Waals surface area (Å²) < 4.78 is 7.45. The summed E-state index contributed by atoms with van der Waals surface area (Å²) in [6.45, 7) is 0.424. The predicted octanol–water partition coefficient (Wildman–Crippen LogP) is 4.12. The van der Waals surface area contributed by atoms with Crippen LogP contribution in [0, 0.1) is 5.41 Å². The molecule has 1 amide bonds. The number of pyridine rings is 2. The van der Waals surface area contributed by atoms with E-state index in [2.05, 4.69) is 10.3 Å². The lowest BCUT2D eigenvalue weighted by Gasteiger charge is -2.11. The number of ether oxygens (including phenoxy) is 1. The fourth-order valence-corrected chi connectivity index (χ4v) is 3.51. The zero-order valence-corrected chi connectivity index (χ0v) is 19.3. The van der Waals surface area contributed by atoms with E-state index in [1.54, 1.807) is 53.2 Å². The largest absolute Gasteiger partial charge is 0.456 e. The number of hydrogen-bond acceptors (Lipinski definition) is 6. The van der Waals surface area contributed by atoms with Crippen LogP contribution in [0.25, 0.3) is 0 Å². The summed E-state index contributed by atoms with van der Waals surface area (Å²) in [5.74, 6) is 0.544. The summed E-state index contributed by atoms with van der Waals surface area (Å²) in [6, 6.07) is 18.7. The molecule has 9 heteroatoms. The number of halogens is 1.